The van der Waals surface area contributed by atoms with Gasteiger partial charge in [0.05, 0.1) is 18.8 Å². The van der Waals surface area contributed by atoms with Crippen LogP contribution >= 0.6 is 11.3 Å². The third-order valence-electron chi connectivity index (χ3n) is 2.37. The Kier molecular flexibility index (Phi) is 3.88. The van der Waals surface area contributed by atoms with E-state index in [-0.39, 0.29) is 6.04 Å². The summed E-state index contributed by atoms with van der Waals surface area (Å²) < 4.78 is 4.60. The summed E-state index contributed by atoms with van der Waals surface area (Å²) in [6.07, 6.45) is 1.75. The van der Waals surface area contributed by atoms with Crippen LogP contribution in [0.1, 0.15) is 29.1 Å². The van der Waals surface area contributed by atoms with Crippen LogP contribution in [0.3, 0.4) is 0 Å². The average molecular weight is 263 g/mol. The number of anilines is 1. The summed E-state index contributed by atoms with van der Waals surface area (Å²) in [6.45, 7) is 1.99. The summed E-state index contributed by atoms with van der Waals surface area (Å²) in [5.41, 5.74) is 1.24. The molecule has 0 aliphatic carbocycles. The monoisotopic (exact) mass is 263 g/mol. The first-order valence-corrected chi connectivity index (χ1v) is 6.30. The Balaban J connectivity index is 2.06. The van der Waals surface area contributed by atoms with Crippen LogP contribution in [0.5, 0.6) is 0 Å². The number of carbonyl (C=O) groups is 1. The highest BCUT2D eigenvalue weighted by molar-refractivity contribution is 7.13. The van der Waals surface area contributed by atoms with E-state index in [1.54, 1.807) is 11.6 Å². The van der Waals surface area contributed by atoms with Gasteiger partial charge in [-0.25, -0.2) is 9.78 Å². The first-order chi connectivity index (χ1) is 8.70. The number of ether oxygens (including phenoxy) is 1. The molecular weight excluding hydrogens is 250 g/mol. The van der Waals surface area contributed by atoms with Gasteiger partial charge in [0.25, 0.3) is 0 Å². The van der Waals surface area contributed by atoms with Crippen molar-refractivity contribution in [2.75, 3.05) is 12.4 Å². The van der Waals surface area contributed by atoms with Crippen molar-refractivity contribution in [3.8, 4) is 0 Å². The number of pyridine rings is 1. The molecule has 1 unspecified atom stereocenters. The zero-order valence-electron chi connectivity index (χ0n) is 10.1. The van der Waals surface area contributed by atoms with Crippen LogP contribution in [0.25, 0.3) is 0 Å². The average Bonchev–Trinajstić information content (AvgIpc) is 2.87. The molecule has 2 aromatic heterocycles. The van der Waals surface area contributed by atoms with Crippen LogP contribution in [-0.4, -0.2) is 23.0 Å². The van der Waals surface area contributed by atoms with Gasteiger partial charge in [-0.15, -0.1) is 11.3 Å². The SMILES string of the molecule is COC(=O)c1csc(NC(C)c2ccccn2)n1. The zero-order valence-corrected chi connectivity index (χ0v) is 10.9. The van der Waals surface area contributed by atoms with E-state index in [0.29, 0.717) is 10.8 Å². The van der Waals surface area contributed by atoms with Gasteiger partial charge in [0.2, 0.25) is 0 Å². The third kappa shape index (κ3) is 2.84. The molecule has 0 spiro atoms. The molecule has 0 amide bonds. The number of methoxy groups -OCH3 is 1. The number of carbonyl (C=O) groups excluding carboxylic acids is 1. The molecular formula is C12H13N3O2S. The minimum Gasteiger partial charge on any atom is -0.464 e. The Morgan fingerprint density at radius 1 is 1.50 bits per heavy atom. The number of hydrogen-bond acceptors (Lipinski definition) is 6. The van der Waals surface area contributed by atoms with Gasteiger partial charge in [-0.05, 0) is 19.1 Å². The molecule has 6 heteroatoms. The van der Waals surface area contributed by atoms with E-state index in [1.807, 2.05) is 25.1 Å². The molecule has 1 atom stereocenters. The Bertz CT molecular complexity index is 527. The van der Waals surface area contributed by atoms with E-state index in [4.69, 9.17) is 0 Å². The summed E-state index contributed by atoms with van der Waals surface area (Å²) in [6, 6.07) is 5.77. The first-order valence-electron chi connectivity index (χ1n) is 5.42. The topological polar surface area (TPSA) is 64.1 Å². The first kappa shape index (κ1) is 12.5. The lowest BCUT2D eigenvalue weighted by molar-refractivity contribution is 0.0595. The molecule has 2 heterocycles. The highest BCUT2D eigenvalue weighted by Crippen LogP contribution is 2.21. The van der Waals surface area contributed by atoms with Crippen LogP contribution in [-0.2, 0) is 4.74 Å². The van der Waals surface area contributed by atoms with Gasteiger partial charge >= 0.3 is 5.97 Å². The van der Waals surface area contributed by atoms with Crippen molar-refractivity contribution in [2.24, 2.45) is 0 Å². The maximum atomic E-state index is 11.3. The second-order valence-corrected chi connectivity index (χ2v) is 4.51. The molecule has 0 radical (unpaired) electrons. The predicted molar refractivity (Wildman–Crippen MR) is 69.7 cm³/mol. The Labute approximate surface area is 109 Å². The van der Waals surface area contributed by atoms with Crippen molar-refractivity contribution in [3.05, 3.63) is 41.2 Å². The van der Waals surface area contributed by atoms with Gasteiger partial charge in [0.15, 0.2) is 10.8 Å². The highest BCUT2D eigenvalue weighted by Gasteiger charge is 2.13. The lowest BCUT2D eigenvalue weighted by Crippen LogP contribution is -2.08. The lowest BCUT2D eigenvalue weighted by Gasteiger charge is -2.11. The van der Waals surface area contributed by atoms with Gasteiger partial charge in [-0.2, -0.15) is 0 Å². The number of nitrogens with zero attached hydrogens (tertiary/aromatic N) is 2. The van der Waals surface area contributed by atoms with E-state index in [0.717, 1.165) is 5.69 Å². The van der Waals surface area contributed by atoms with Gasteiger partial charge in [-0.3, -0.25) is 4.98 Å². The molecule has 1 N–H and O–H groups in total. The molecule has 0 fully saturated rings. The van der Waals surface area contributed by atoms with Crippen LogP contribution < -0.4 is 5.32 Å². The highest BCUT2D eigenvalue weighted by atomic mass is 32.1. The summed E-state index contributed by atoms with van der Waals surface area (Å²) in [7, 11) is 1.34. The van der Waals surface area contributed by atoms with Crippen LogP contribution in [0.15, 0.2) is 29.8 Å². The minimum atomic E-state index is -0.426. The Hall–Kier alpha value is -1.95. The third-order valence-corrected chi connectivity index (χ3v) is 3.14. The number of rotatable bonds is 4. The molecule has 2 rings (SSSR count). The van der Waals surface area contributed by atoms with Gasteiger partial charge in [-0.1, -0.05) is 6.07 Å². The summed E-state index contributed by atoms with van der Waals surface area (Å²) in [5.74, 6) is -0.426. The van der Waals surface area contributed by atoms with Crippen molar-refractivity contribution in [1.82, 2.24) is 9.97 Å². The van der Waals surface area contributed by atoms with E-state index in [9.17, 15) is 4.79 Å². The quantitative estimate of drug-likeness (QED) is 0.859. The van der Waals surface area contributed by atoms with Crippen molar-refractivity contribution < 1.29 is 9.53 Å². The van der Waals surface area contributed by atoms with Crippen LogP contribution in [0, 0.1) is 0 Å². The lowest BCUT2D eigenvalue weighted by atomic mass is 10.2. The van der Waals surface area contributed by atoms with Crippen LogP contribution in [0.2, 0.25) is 0 Å². The number of nitrogens with one attached hydrogen (secondary N) is 1. The maximum Gasteiger partial charge on any atom is 0.357 e. The molecule has 0 bridgehead atoms. The second-order valence-electron chi connectivity index (χ2n) is 3.65. The van der Waals surface area contributed by atoms with Gasteiger partial charge in [0, 0.05) is 11.6 Å². The second kappa shape index (κ2) is 5.59. The fourth-order valence-electron chi connectivity index (χ4n) is 1.43. The minimum absolute atomic E-state index is 0.0304. The van der Waals surface area contributed by atoms with Crippen molar-refractivity contribution in [3.63, 3.8) is 0 Å². The predicted octanol–water partition coefficient (Wildman–Crippen LogP) is 2.50. The number of hydrogen-bond donors (Lipinski definition) is 1. The fraction of sp³-hybridized carbons (Fsp3) is 0.250. The molecule has 94 valence electrons. The van der Waals surface area contributed by atoms with Crippen molar-refractivity contribution in [2.45, 2.75) is 13.0 Å². The van der Waals surface area contributed by atoms with Gasteiger partial charge in [0.1, 0.15) is 0 Å². The van der Waals surface area contributed by atoms with Crippen LogP contribution in [0.4, 0.5) is 5.13 Å². The Morgan fingerprint density at radius 2 is 2.33 bits per heavy atom. The van der Waals surface area contributed by atoms with Gasteiger partial charge < -0.3 is 10.1 Å². The Morgan fingerprint density at radius 3 is 3.00 bits per heavy atom. The summed E-state index contributed by atoms with van der Waals surface area (Å²) >= 11 is 1.37. The molecule has 0 saturated heterocycles. The number of aromatic nitrogens is 2. The van der Waals surface area contributed by atoms with Crippen molar-refractivity contribution in [1.29, 1.82) is 0 Å². The maximum absolute atomic E-state index is 11.3. The summed E-state index contributed by atoms with van der Waals surface area (Å²) in [5, 5.41) is 5.54. The molecule has 0 aliphatic rings. The molecule has 18 heavy (non-hydrogen) atoms. The van der Waals surface area contributed by atoms with E-state index >= 15 is 0 Å². The van der Waals surface area contributed by atoms with E-state index < -0.39 is 5.97 Å². The molecule has 2 aromatic rings. The number of thiazole rings is 1. The van der Waals surface area contributed by atoms with E-state index in [1.165, 1.54) is 18.4 Å². The summed E-state index contributed by atoms with van der Waals surface area (Å²) in [4.78, 5) is 19.7. The van der Waals surface area contributed by atoms with E-state index in [2.05, 4.69) is 20.0 Å². The standard InChI is InChI=1S/C12H13N3O2S/c1-8(9-5-3-4-6-13-9)14-12-15-10(7-18-12)11(16)17-2/h3-8H,1-2H3,(H,14,15). The molecule has 0 saturated carbocycles. The molecule has 5 nitrogen and oxygen atoms in total. The van der Waals surface area contributed by atoms with Crippen molar-refractivity contribution >= 4 is 22.4 Å². The largest absolute Gasteiger partial charge is 0.464 e. The fourth-order valence-corrected chi connectivity index (χ4v) is 2.20. The smallest absolute Gasteiger partial charge is 0.357 e. The molecule has 0 aliphatic heterocycles. The molecule has 0 aromatic carbocycles. The number of esters is 1. The normalized spacial score (nSPS) is 11.9. The zero-order chi connectivity index (χ0) is 13.0.